The SMILES string of the molecule is Nc1cccc(SCc2cc(=O)n3cc(Cl)ccc3n2)c1. The summed E-state index contributed by atoms with van der Waals surface area (Å²) in [6.07, 6.45) is 1.57. The number of nitrogens with zero attached hydrogens (tertiary/aromatic N) is 2. The average molecular weight is 318 g/mol. The predicted molar refractivity (Wildman–Crippen MR) is 86.9 cm³/mol. The van der Waals surface area contributed by atoms with Crippen molar-refractivity contribution in [1.82, 2.24) is 9.38 Å². The number of pyridine rings is 1. The van der Waals surface area contributed by atoms with Crippen molar-refractivity contribution in [3.8, 4) is 0 Å². The van der Waals surface area contributed by atoms with E-state index in [0.29, 0.717) is 16.4 Å². The monoisotopic (exact) mass is 317 g/mol. The molecule has 0 aliphatic rings. The summed E-state index contributed by atoms with van der Waals surface area (Å²) in [5.74, 6) is 0.609. The zero-order chi connectivity index (χ0) is 14.8. The van der Waals surface area contributed by atoms with Crippen LogP contribution in [0.15, 0.2) is 58.4 Å². The highest BCUT2D eigenvalue weighted by molar-refractivity contribution is 7.98. The number of nitrogen functional groups attached to an aromatic ring is 1. The number of aromatic nitrogens is 2. The normalized spacial score (nSPS) is 10.9. The van der Waals surface area contributed by atoms with Gasteiger partial charge in [-0.25, -0.2) is 4.98 Å². The summed E-state index contributed by atoms with van der Waals surface area (Å²) in [5.41, 5.74) is 7.66. The van der Waals surface area contributed by atoms with Gasteiger partial charge in [0.1, 0.15) is 5.65 Å². The number of halogens is 1. The molecule has 2 heterocycles. The van der Waals surface area contributed by atoms with Crippen molar-refractivity contribution in [2.75, 3.05) is 5.73 Å². The molecule has 3 rings (SSSR count). The number of anilines is 1. The number of benzene rings is 1. The summed E-state index contributed by atoms with van der Waals surface area (Å²) in [6.45, 7) is 0. The van der Waals surface area contributed by atoms with Gasteiger partial charge in [0.25, 0.3) is 5.56 Å². The Kier molecular flexibility index (Phi) is 3.86. The van der Waals surface area contributed by atoms with E-state index >= 15 is 0 Å². The van der Waals surface area contributed by atoms with Crippen LogP contribution < -0.4 is 11.3 Å². The fourth-order valence-corrected chi connectivity index (χ4v) is 2.98. The third-order valence-corrected chi connectivity index (χ3v) is 4.17. The van der Waals surface area contributed by atoms with E-state index in [-0.39, 0.29) is 5.56 Å². The first kappa shape index (κ1) is 14.0. The molecule has 4 nitrogen and oxygen atoms in total. The van der Waals surface area contributed by atoms with Crippen molar-refractivity contribution < 1.29 is 0 Å². The fourth-order valence-electron chi connectivity index (χ4n) is 1.96. The molecule has 0 fully saturated rings. The minimum Gasteiger partial charge on any atom is -0.399 e. The lowest BCUT2D eigenvalue weighted by atomic mass is 10.3. The second-order valence-electron chi connectivity index (χ2n) is 4.52. The van der Waals surface area contributed by atoms with Gasteiger partial charge in [0.15, 0.2) is 0 Å². The van der Waals surface area contributed by atoms with E-state index in [0.717, 1.165) is 16.3 Å². The highest BCUT2D eigenvalue weighted by atomic mass is 35.5. The molecule has 0 spiro atoms. The van der Waals surface area contributed by atoms with Gasteiger partial charge in [-0.2, -0.15) is 0 Å². The van der Waals surface area contributed by atoms with Crippen LogP contribution in [-0.4, -0.2) is 9.38 Å². The zero-order valence-electron chi connectivity index (χ0n) is 11.0. The van der Waals surface area contributed by atoms with Crippen molar-refractivity contribution in [3.05, 3.63) is 69.7 Å². The first-order chi connectivity index (χ1) is 10.1. The fraction of sp³-hybridized carbons (Fsp3) is 0.0667. The minimum atomic E-state index is -0.134. The second-order valence-corrected chi connectivity index (χ2v) is 6.01. The molecule has 0 saturated heterocycles. The summed E-state index contributed by atoms with van der Waals surface area (Å²) < 4.78 is 1.44. The molecule has 106 valence electrons. The van der Waals surface area contributed by atoms with E-state index in [2.05, 4.69) is 4.98 Å². The maximum atomic E-state index is 12.1. The number of fused-ring (bicyclic) bond motifs is 1. The molecule has 0 bridgehead atoms. The highest BCUT2D eigenvalue weighted by Gasteiger charge is 2.04. The molecule has 2 N–H and O–H groups in total. The zero-order valence-corrected chi connectivity index (χ0v) is 12.6. The molecule has 0 aliphatic heterocycles. The Labute approximate surface area is 130 Å². The van der Waals surface area contributed by atoms with Crippen molar-refractivity contribution in [3.63, 3.8) is 0 Å². The molecule has 0 atom stereocenters. The van der Waals surface area contributed by atoms with Gasteiger partial charge in [-0.15, -0.1) is 11.8 Å². The predicted octanol–water partition coefficient (Wildman–Crippen LogP) is 3.22. The van der Waals surface area contributed by atoms with Crippen molar-refractivity contribution >= 4 is 34.7 Å². The van der Waals surface area contributed by atoms with Gasteiger partial charge in [-0.05, 0) is 30.3 Å². The topological polar surface area (TPSA) is 60.4 Å². The van der Waals surface area contributed by atoms with Gasteiger partial charge in [0.05, 0.1) is 10.7 Å². The summed E-state index contributed by atoms with van der Waals surface area (Å²) in [6, 6.07) is 12.6. The van der Waals surface area contributed by atoms with Gasteiger partial charge in [-0.3, -0.25) is 9.20 Å². The van der Waals surface area contributed by atoms with Crippen molar-refractivity contribution in [1.29, 1.82) is 0 Å². The minimum absolute atomic E-state index is 0.134. The molecule has 3 aromatic rings. The van der Waals surface area contributed by atoms with E-state index in [1.54, 1.807) is 30.1 Å². The molecular formula is C15H12ClN3OS. The molecule has 0 radical (unpaired) electrons. The average Bonchev–Trinajstić information content (AvgIpc) is 2.46. The van der Waals surface area contributed by atoms with Crippen LogP contribution >= 0.6 is 23.4 Å². The van der Waals surface area contributed by atoms with Gasteiger partial charge in [-0.1, -0.05) is 17.7 Å². The van der Waals surface area contributed by atoms with Gasteiger partial charge in [0, 0.05) is 28.6 Å². The highest BCUT2D eigenvalue weighted by Crippen LogP contribution is 2.23. The Morgan fingerprint density at radius 2 is 2.10 bits per heavy atom. The van der Waals surface area contributed by atoms with Crippen LogP contribution in [0.1, 0.15) is 5.69 Å². The number of hydrogen-bond donors (Lipinski definition) is 1. The lowest BCUT2D eigenvalue weighted by molar-refractivity contribution is 1.01. The molecule has 0 amide bonds. The van der Waals surface area contributed by atoms with Crippen LogP contribution in [0.2, 0.25) is 5.02 Å². The molecule has 6 heteroatoms. The van der Waals surface area contributed by atoms with Crippen LogP contribution in [0.3, 0.4) is 0 Å². The number of nitrogens with two attached hydrogens (primary N) is 1. The summed E-state index contributed by atoms with van der Waals surface area (Å²) in [4.78, 5) is 17.6. The van der Waals surface area contributed by atoms with Gasteiger partial charge >= 0.3 is 0 Å². The third-order valence-electron chi connectivity index (χ3n) is 2.92. The number of rotatable bonds is 3. The van der Waals surface area contributed by atoms with Gasteiger partial charge < -0.3 is 5.73 Å². The lowest BCUT2D eigenvalue weighted by Crippen LogP contribution is -2.15. The van der Waals surface area contributed by atoms with Crippen molar-refractivity contribution in [2.45, 2.75) is 10.6 Å². The van der Waals surface area contributed by atoms with E-state index in [4.69, 9.17) is 17.3 Å². The third kappa shape index (κ3) is 3.20. The molecule has 0 unspecified atom stereocenters. The molecule has 0 saturated carbocycles. The Hall–Kier alpha value is -1.98. The smallest absolute Gasteiger partial charge is 0.258 e. The van der Waals surface area contributed by atoms with Crippen LogP contribution in [0.4, 0.5) is 5.69 Å². The molecule has 2 aromatic heterocycles. The maximum absolute atomic E-state index is 12.1. The molecule has 1 aromatic carbocycles. The molecule has 21 heavy (non-hydrogen) atoms. The van der Waals surface area contributed by atoms with Crippen molar-refractivity contribution in [2.24, 2.45) is 0 Å². The number of thioether (sulfide) groups is 1. The van der Waals surface area contributed by atoms with Crippen LogP contribution in [0.5, 0.6) is 0 Å². The van der Waals surface area contributed by atoms with Gasteiger partial charge in [0.2, 0.25) is 0 Å². The first-order valence-electron chi connectivity index (χ1n) is 6.28. The van der Waals surface area contributed by atoms with E-state index in [1.807, 2.05) is 24.3 Å². The van der Waals surface area contributed by atoms with E-state index in [1.165, 1.54) is 10.5 Å². The quantitative estimate of drug-likeness (QED) is 0.595. The Balaban J connectivity index is 1.88. The molecule has 0 aliphatic carbocycles. The maximum Gasteiger partial charge on any atom is 0.258 e. The molecular weight excluding hydrogens is 306 g/mol. The second kappa shape index (κ2) is 5.79. The Morgan fingerprint density at radius 1 is 1.24 bits per heavy atom. The Morgan fingerprint density at radius 3 is 2.90 bits per heavy atom. The lowest BCUT2D eigenvalue weighted by Gasteiger charge is -2.05. The first-order valence-corrected chi connectivity index (χ1v) is 7.64. The van der Waals surface area contributed by atoms with Crippen LogP contribution in [0.25, 0.3) is 5.65 Å². The largest absolute Gasteiger partial charge is 0.399 e. The van der Waals surface area contributed by atoms with Crippen LogP contribution in [0, 0.1) is 0 Å². The summed E-state index contributed by atoms with van der Waals surface area (Å²) >= 11 is 7.47. The van der Waals surface area contributed by atoms with E-state index in [9.17, 15) is 4.79 Å². The standard InChI is InChI=1S/C15H12ClN3OS/c16-10-4-5-14-18-12(7-15(20)19(14)8-10)9-21-13-3-1-2-11(17)6-13/h1-8H,9,17H2. The van der Waals surface area contributed by atoms with E-state index < -0.39 is 0 Å². The number of hydrogen-bond acceptors (Lipinski definition) is 4. The Bertz CT molecular complexity index is 863. The van der Waals surface area contributed by atoms with Crippen LogP contribution in [-0.2, 0) is 5.75 Å². The summed E-state index contributed by atoms with van der Waals surface area (Å²) in [5, 5.41) is 0.508. The summed E-state index contributed by atoms with van der Waals surface area (Å²) in [7, 11) is 0.